The zero-order chi connectivity index (χ0) is 15.8. The molecule has 0 saturated carbocycles. The van der Waals surface area contributed by atoms with Gasteiger partial charge in [-0.15, -0.1) is 17.0 Å². The molecule has 130 valence electrons. The maximum absolute atomic E-state index is 5.49. The minimum atomic E-state index is 0. The van der Waals surface area contributed by atoms with Crippen LogP contribution in [0, 0.1) is 0 Å². The zero-order valence-corrected chi connectivity index (χ0v) is 15.7. The van der Waals surface area contributed by atoms with Gasteiger partial charge in [0.25, 0.3) is 0 Å². The molecule has 1 aromatic carbocycles. The Balaban J connectivity index is 0.00000264. The second kappa shape index (κ2) is 10.2. The number of hydrogen-bond donors (Lipinski definition) is 2. The van der Waals surface area contributed by atoms with E-state index in [-0.39, 0.29) is 17.0 Å². The molecule has 0 bridgehead atoms. The first kappa shape index (κ1) is 19.4. The van der Waals surface area contributed by atoms with Gasteiger partial charge >= 0.3 is 0 Å². The van der Waals surface area contributed by atoms with E-state index in [0.29, 0.717) is 11.5 Å². The summed E-state index contributed by atoms with van der Waals surface area (Å²) in [7, 11) is 4.88. The highest BCUT2D eigenvalue weighted by Gasteiger charge is 2.15. The van der Waals surface area contributed by atoms with Crippen molar-refractivity contribution in [3.63, 3.8) is 0 Å². The molecular weight excluding hydrogens is 362 g/mol. The van der Waals surface area contributed by atoms with Gasteiger partial charge in [0.2, 0.25) is 5.75 Å². The molecule has 0 aliphatic carbocycles. The maximum atomic E-state index is 5.49. The van der Waals surface area contributed by atoms with Gasteiger partial charge in [-0.25, -0.2) is 0 Å². The molecule has 0 unspecified atom stereocenters. The minimum Gasteiger partial charge on any atom is -0.493 e. The first-order chi connectivity index (χ1) is 10.8. The predicted octanol–water partition coefficient (Wildman–Crippen LogP) is 2.16. The lowest BCUT2D eigenvalue weighted by Crippen LogP contribution is -2.38. The van der Waals surface area contributed by atoms with Crippen LogP contribution in [0.15, 0.2) is 17.1 Å². The van der Waals surface area contributed by atoms with Gasteiger partial charge in [-0.2, -0.15) is 0 Å². The molecule has 1 heterocycles. The molecule has 23 heavy (non-hydrogen) atoms. The lowest BCUT2D eigenvalue weighted by atomic mass is 10.1. The van der Waals surface area contributed by atoms with Gasteiger partial charge in [0.05, 0.1) is 21.3 Å². The number of rotatable bonds is 6. The number of nitrogens with zero attached hydrogens (tertiary/aromatic N) is 1. The Morgan fingerprint density at radius 1 is 1.09 bits per heavy atom. The van der Waals surface area contributed by atoms with Crippen molar-refractivity contribution < 1.29 is 14.2 Å². The Hall–Kier alpha value is -1.63. The van der Waals surface area contributed by atoms with Crippen LogP contribution in [0.3, 0.4) is 0 Å². The van der Waals surface area contributed by atoms with E-state index in [9.17, 15) is 0 Å². The van der Waals surface area contributed by atoms with Crippen LogP contribution < -0.4 is 24.8 Å². The summed E-state index contributed by atoms with van der Waals surface area (Å²) in [4.78, 5) is 4.48. The average Bonchev–Trinajstić information content (AvgIpc) is 2.82. The van der Waals surface area contributed by atoms with Crippen molar-refractivity contribution in [2.75, 3.05) is 41.0 Å². The minimum absolute atomic E-state index is 0. The largest absolute Gasteiger partial charge is 0.493 e. The summed E-state index contributed by atoms with van der Waals surface area (Å²) in [6, 6.07) is 3.91. The Labute approximate surface area is 148 Å². The van der Waals surface area contributed by atoms with E-state index in [1.807, 2.05) is 12.1 Å². The number of nitrogens with one attached hydrogen (secondary N) is 2. The van der Waals surface area contributed by atoms with Crippen molar-refractivity contribution in [3.05, 3.63) is 17.7 Å². The fourth-order valence-electron chi connectivity index (χ4n) is 2.48. The Morgan fingerprint density at radius 2 is 1.87 bits per heavy atom. The van der Waals surface area contributed by atoms with Crippen molar-refractivity contribution in [1.82, 2.24) is 10.6 Å². The van der Waals surface area contributed by atoms with Crippen LogP contribution >= 0.6 is 17.0 Å². The van der Waals surface area contributed by atoms with Gasteiger partial charge in [-0.3, -0.25) is 4.99 Å². The fraction of sp³-hybridized carbons (Fsp3) is 0.562. The van der Waals surface area contributed by atoms with Crippen LogP contribution in [0.4, 0.5) is 0 Å². The van der Waals surface area contributed by atoms with Crippen molar-refractivity contribution in [3.8, 4) is 17.2 Å². The second-order valence-electron chi connectivity index (χ2n) is 5.03. The number of ether oxygens (including phenoxy) is 3. The van der Waals surface area contributed by atoms with E-state index >= 15 is 0 Å². The quantitative estimate of drug-likeness (QED) is 0.782. The van der Waals surface area contributed by atoms with Crippen LogP contribution in [-0.4, -0.2) is 46.9 Å². The molecule has 7 heteroatoms. The van der Waals surface area contributed by atoms with Crippen LogP contribution in [0.5, 0.6) is 17.2 Å². The number of halogens is 1. The summed E-state index contributed by atoms with van der Waals surface area (Å²) >= 11 is 0. The van der Waals surface area contributed by atoms with E-state index < -0.39 is 0 Å². The Bertz CT molecular complexity index is 524. The first-order valence-corrected chi connectivity index (χ1v) is 7.60. The van der Waals surface area contributed by atoms with Crippen LogP contribution in [-0.2, 0) is 6.42 Å². The molecule has 0 amide bonds. The molecule has 0 atom stereocenters. The van der Waals surface area contributed by atoms with Crippen LogP contribution in [0.25, 0.3) is 0 Å². The second-order valence-corrected chi connectivity index (χ2v) is 5.03. The molecule has 0 saturated heterocycles. The monoisotopic (exact) mass is 387 g/mol. The number of methoxy groups -OCH3 is 3. The topological polar surface area (TPSA) is 64.1 Å². The smallest absolute Gasteiger partial charge is 0.203 e. The van der Waals surface area contributed by atoms with Crippen molar-refractivity contribution >= 4 is 22.9 Å². The van der Waals surface area contributed by atoms with Gasteiger partial charge in [-0.05, 0) is 25.3 Å². The molecule has 1 aliphatic heterocycles. The molecule has 0 fully saturated rings. The third-order valence-electron chi connectivity index (χ3n) is 3.62. The Kier molecular flexibility index (Phi) is 8.61. The van der Waals surface area contributed by atoms with Gasteiger partial charge in [-0.1, -0.05) is 6.07 Å². The average molecular weight is 388 g/mol. The molecule has 0 spiro atoms. The molecule has 2 N–H and O–H groups in total. The van der Waals surface area contributed by atoms with Crippen LogP contribution in [0.2, 0.25) is 0 Å². The summed E-state index contributed by atoms with van der Waals surface area (Å²) < 4.78 is 16.2. The normalized spacial score (nSPS) is 13.8. The lowest BCUT2D eigenvalue weighted by molar-refractivity contribution is 0.322. The number of hydrogen-bond acceptors (Lipinski definition) is 6. The summed E-state index contributed by atoms with van der Waals surface area (Å²) in [5, 5.41) is 6.64. The van der Waals surface area contributed by atoms with Gasteiger partial charge < -0.3 is 24.8 Å². The summed E-state index contributed by atoms with van der Waals surface area (Å²) in [6.45, 7) is 2.64. The molecular formula is C16H26BrN3O3. The standard InChI is InChI=1S/C16H25N3O3.BrH/c1-20-13-7-6-12(14(21-2)15(13)22-3)8-11-19-16-17-9-4-5-10-18-16;/h6-7H,4-5,8-11H2,1-3H3,(H2,17,18,19);1H. The number of aliphatic imine (C=N–C) groups is 1. The third-order valence-corrected chi connectivity index (χ3v) is 3.62. The maximum Gasteiger partial charge on any atom is 0.203 e. The summed E-state index contributed by atoms with van der Waals surface area (Å²) in [5.41, 5.74) is 1.07. The highest BCUT2D eigenvalue weighted by atomic mass is 79.9. The highest BCUT2D eigenvalue weighted by Crippen LogP contribution is 2.39. The van der Waals surface area contributed by atoms with E-state index in [4.69, 9.17) is 14.2 Å². The number of guanidine groups is 1. The van der Waals surface area contributed by atoms with Gasteiger partial charge in [0, 0.05) is 25.2 Å². The Morgan fingerprint density at radius 3 is 2.57 bits per heavy atom. The fourth-order valence-corrected chi connectivity index (χ4v) is 2.48. The molecule has 2 rings (SSSR count). The SMILES string of the molecule is Br.COc1ccc(CCNC2=NCCCCN2)c(OC)c1OC. The predicted molar refractivity (Wildman–Crippen MR) is 97.7 cm³/mol. The molecule has 6 nitrogen and oxygen atoms in total. The third kappa shape index (κ3) is 5.20. The summed E-state index contributed by atoms with van der Waals surface area (Å²) in [6.07, 6.45) is 3.12. The van der Waals surface area contributed by atoms with E-state index in [2.05, 4.69) is 15.6 Å². The molecule has 0 aromatic heterocycles. The molecule has 0 radical (unpaired) electrons. The first-order valence-electron chi connectivity index (χ1n) is 7.60. The van der Waals surface area contributed by atoms with Crippen molar-refractivity contribution in [2.24, 2.45) is 4.99 Å². The van der Waals surface area contributed by atoms with E-state index in [1.54, 1.807) is 21.3 Å². The van der Waals surface area contributed by atoms with Crippen molar-refractivity contribution in [1.29, 1.82) is 0 Å². The van der Waals surface area contributed by atoms with Gasteiger partial charge in [0.15, 0.2) is 17.5 Å². The summed E-state index contributed by atoms with van der Waals surface area (Å²) in [5.74, 6) is 2.91. The lowest BCUT2D eigenvalue weighted by Gasteiger charge is -2.16. The molecule has 1 aromatic rings. The molecule has 1 aliphatic rings. The zero-order valence-electron chi connectivity index (χ0n) is 14.0. The van der Waals surface area contributed by atoms with E-state index in [1.165, 1.54) is 0 Å². The van der Waals surface area contributed by atoms with Gasteiger partial charge in [0.1, 0.15) is 0 Å². The van der Waals surface area contributed by atoms with Crippen LogP contribution in [0.1, 0.15) is 18.4 Å². The highest BCUT2D eigenvalue weighted by molar-refractivity contribution is 8.93. The van der Waals surface area contributed by atoms with Crippen molar-refractivity contribution in [2.45, 2.75) is 19.3 Å². The number of benzene rings is 1. The van der Waals surface area contributed by atoms with E-state index in [0.717, 1.165) is 56.2 Å².